The van der Waals surface area contributed by atoms with Crippen LogP contribution in [0.25, 0.3) is 0 Å². The molecular weight excluding hydrogens is 222 g/mol. The molecule has 0 aliphatic carbocycles. The average Bonchev–Trinajstić information content (AvgIpc) is 2.36. The van der Waals surface area contributed by atoms with Crippen molar-refractivity contribution in [2.75, 3.05) is 32.2 Å². The first-order chi connectivity index (χ1) is 8.30. The fourth-order valence-corrected chi connectivity index (χ4v) is 1.22. The highest BCUT2D eigenvalue weighted by molar-refractivity contribution is 5.28. The Labute approximate surface area is 101 Å². The summed E-state index contributed by atoms with van der Waals surface area (Å²) < 4.78 is 10.3. The molecule has 0 bridgehead atoms. The molecule has 1 unspecified atom stereocenters. The molecule has 96 valence electrons. The van der Waals surface area contributed by atoms with E-state index in [0.29, 0.717) is 25.0 Å². The standard InChI is InChI=1S/C11H19N3O3/c1-3-6-17-10-4-5-12-11(14-10)13-9(7-15)8-16-2/h4-5,9,15H,3,6-8H2,1-2H3,(H,12,13,14). The van der Waals surface area contributed by atoms with Crippen molar-refractivity contribution in [3.05, 3.63) is 12.3 Å². The molecular formula is C11H19N3O3. The normalized spacial score (nSPS) is 12.2. The molecule has 1 heterocycles. The number of nitrogens with zero attached hydrogens (tertiary/aromatic N) is 2. The van der Waals surface area contributed by atoms with Crippen LogP contribution >= 0.6 is 0 Å². The molecule has 0 aromatic carbocycles. The van der Waals surface area contributed by atoms with E-state index < -0.39 is 0 Å². The van der Waals surface area contributed by atoms with Gasteiger partial charge in [-0.2, -0.15) is 4.98 Å². The minimum Gasteiger partial charge on any atom is -0.478 e. The Bertz CT molecular complexity index is 323. The average molecular weight is 241 g/mol. The van der Waals surface area contributed by atoms with E-state index in [1.165, 1.54) is 0 Å². The van der Waals surface area contributed by atoms with E-state index >= 15 is 0 Å². The summed E-state index contributed by atoms with van der Waals surface area (Å²) in [5.74, 6) is 0.952. The summed E-state index contributed by atoms with van der Waals surface area (Å²) in [5.41, 5.74) is 0. The smallest absolute Gasteiger partial charge is 0.226 e. The molecule has 0 saturated heterocycles. The Morgan fingerprint density at radius 1 is 1.53 bits per heavy atom. The van der Waals surface area contributed by atoms with Gasteiger partial charge in [0.2, 0.25) is 11.8 Å². The predicted molar refractivity (Wildman–Crippen MR) is 64.2 cm³/mol. The topological polar surface area (TPSA) is 76.5 Å². The number of methoxy groups -OCH3 is 1. The van der Waals surface area contributed by atoms with Gasteiger partial charge in [0, 0.05) is 19.4 Å². The van der Waals surface area contributed by atoms with Crippen molar-refractivity contribution in [1.82, 2.24) is 9.97 Å². The van der Waals surface area contributed by atoms with Crippen molar-refractivity contribution in [2.45, 2.75) is 19.4 Å². The van der Waals surface area contributed by atoms with Crippen LogP contribution in [0.4, 0.5) is 5.95 Å². The fraction of sp³-hybridized carbons (Fsp3) is 0.636. The summed E-state index contributed by atoms with van der Waals surface area (Å²) in [6.45, 7) is 3.00. The summed E-state index contributed by atoms with van der Waals surface area (Å²) in [6.07, 6.45) is 2.54. The number of aliphatic hydroxyl groups excluding tert-OH is 1. The van der Waals surface area contributed by atoms with Gasteiger partial charge in [-0.05, 0) is 6.42 Å². The molecule has 2 N–H and O–H groups in total. The van der Waals surface area contributed by atoms with E-state index in [1.807, 2.05) is 6.92 Å². The molecule has 0 radical (unpaired) electrons. The van der Waals surface area contributed by atoms with Crippen molar-refractivity contribution in [1.29, 1.82) is 0 Å². The van der Waals surface area contributed by atoms with Gasteiger partial charge in [0.05, 0.1) is 25.9 Å². The van der Waals surface area contributed by atoms with Crippen LogP contribution in [-0.2, 0) is 4.74 Å². The van der Waals surface area contributed by atoms with Gasteiger partial charge in [-0.15, -0.1) is 0 Å². The number of aromatic nitrogens is 2. The zero-order valence-electron chi connectivity index (χ0n) is 10.2. The third-order valence-corrected chi connectivity index (χ3v) is 2.01. The molecule has 17 heavy (non-hydrogen) atoms. The summed E-state index contributed by atoms with van der Waals surface area (Å²) in [7, 11) is 1.58. The van der Waals surface area contributed by atoms with E-state index in [9.17, 15) is 0 Å². The Morgan fingerprint density at radius 2 is 2.35 bits per heavy atom. The van der Waals surface area contributed by atoms with Crippen LogP contribution in [0, 0.1) is 0 Å². The van der Waals surface area contributed by atoms with E-state index in [2.05, 4.69) is 15.3 Å². The third-order valence-electron chi connectivity index (χ3n) is 2.01. The van der Waals surface area contributed by atoms with Gasteiger partial charge >= 0.3 is 0 Å². The molecule has 1 atom stereocenters. The summed E-state index contributed by atoms with van der Waals surface area (Å²) in [6, 6.07) is 1.48. The number of nitrogens with one attached hydrogen (secondary N) is 1. The summed E-state index contributed by atoms with van der Waals surface area (Å²) in [4.78, 5) is 8.22. The second kappa shape index (κ2) is 7.81. The van der Waals surface area contributed by atoms with Gasteiger partial charge in [-0.1, -0.05) is 6.92 Å². The lowest BCUT2D eigenvalue weighted by Crippen LogP contribution is -2.29. The molecule has 0 aliphatic heterocycles. The van der Waals surface area contributed by atoms with Gasteiger partial charge < -0.3 is 19.9 Å². The molecule has 0 saturated carbocycles. The lowest BCUT2D eigenvalue weighted by Gasteiger charge is -2.15. The van der Waals surface area contributed by atoms with Crippen LogP contribution in [0.15, 0.2) is 12.3 Å². The van der Waals surface area contributed by atoms with E-state index in [4.69, 9.17) is 14.6 Å². The van der Waals surface area contributed by atoms with Gasteiger partial charge in [-0.3, -0.25) is 0 Å². The maximum Gasteiger partial charge on any atom is 0.226 e. The highest BCUT2D eigenvalue weighted by atomic mass is 16.5. The number of hydrogen-bond donors (Lipinski definition) is 2. The highest BCUT2D eigenvalue weighted by Crippen LogP contribution is 2.09. The summed E-state index contributed by atoms with van der Waals surface area (Å²) >= 11 is 0. The van der Waals surface area contributed by atoms with E-state index in [-0.39, 0.29) is 12.6 Å². The van der Waals surface area contributed by atoms with Crippen LogP contribution in [0.5, 0.6) is 5.88 Å². The van der Waals surface area contributed by atoms with Gasteiger partial charge in [-0.25, -0.2) is 4.98 Å². The highest BCUT2D eigenvalue weighted by Gasteiger charge is 2.08. The van der Waals surface area contributed by atoms with Crippen molar-refractivity contribution in [2.24, 2.45) is 0 Å². The number of hydrogen-bond acceptors (Lipinski definition) is 6. The number of ether oxygens (including phenoxy) is 2. The molecule has 6 heteroatoms. The Hall–Kier alpha value is -1.40. The molecule has 0 aliphatic rings. The monoisotopic (exact) mass is 241 g/mol. The number of aliphatic hydroxyl groups is 1. The zero-order chi connectivity index (χ0) is 12.5. The number of anilines is 1. The minimum atomic E-state index is -0.221. The maximum atomic E-state index is 9.10. The minimum absolute atomic E-state index is 0.0444. The maximum absolute atomic E-state index is 9.10. The lowest BCUT2D eigenvalue weighted by atomic mass is 10.3. The second-order valence-electron chi connectivity index (χ2n) is 3.55. The first kappa shape index (κ1) is 13.7. The molecule has 0 amide bonds. The van der Waals surface area contributed by atoms with Crippen molar-refractivity contribution < 1.29 is 14.6 Å². The van der Waals surface area contributed by atoms with Crippen molar-refractivity contribution in [3.63, 3.8) is 0 Å². The van der Waals surface area contributed by atoms with Crippen molar-refractivity contribution in [3.8, 4) is 5.88 Å². The number of rotatable bonds is 8. The van der Waals surface area contributed by atoms with E-state index in [0.717, 1.165) is 6.42 Å². The molecule has 0 spiro atoms. The van der Waals surface area contributed by atoms with Crippen molar-refractivity contribution >= 4 is 5.95 Å². The van der Waals surface area contributed by atoms with Crippen LogP contribution in [-0.4, -0.2) is 48.0 Å². The largest absolute Gasteiger partial charge is 0.478 e. The van der Waals surface area contributed by atoms with Gasteiger partial charge in [0.15, 0.2) is 0 Å². The fourth-order valence-electron chi connectivity index (χ4n) is 1.22. The summed E-state index contributed by atoms with van der Waals surface area (Å²) in [5, 5.41) is 12.1. The quantitative estimate of drug-likeness (QED) is 0.697. The van der Waals surface area contributed by atoms with Crippen LogP contribution in [0.3, 0.4) is 0 Å². The first-order valence-electron chi connectivity index (χ1n) is 5.62. The van der Waals surface area contributed by atoms with E-state index in [1.54, 1.807) is 19.4 Å². The first-order valence-corrected chi connectivity index (χ1v) is 5.62. The Kier molecular flexibility index (Phi) is 6.27. The molecule has 1 aromatic heterocycles. The second-order valence-corrected chi connectivity index (χ2v) is 3.55. The molecule has 1 aromatic rings. The Balaban J connectivity index is 2.57. The zero-order valence-corrected chi connectivity index (χ0v) is 10.2. The van der Waals surface area contributed by atoms with Gasteiger partial charge in [0.1, 0.15) is 0 Å². The Morgan fingerprint density at radius 3 is 3.00 bits per heavy atom. The molecule has 1 rings (SSSR count). The van der Waals surface area contributed by atoms with Crippen LogP contribution in [0.2, 0.25) is 0 Å². The molecule has 0 fully saturated rings. The third kappa shape index (κ3) is 4.97. The SMILES string of the molecule is CCCOc1ccnc(NC(CO)COC)n1. The molecule has 6 nitrogen and oxygen atoms in total. The lowest BCUT2D eigenvalue weighted by molar-refractivity contribution is 0.153. The van der Waals surface area contributed by atoms with Gasteiger partial charge in [0.25, 0.3) is 0 Å². The predicted octanol–water partition coefficient (Wildman–Crippen LogP) is 0.685. The van der Waals surface area contributed by atoms with Crippen LogP contribution < -0.4 is 10.1 Å². The van der Waals surface area contributed by atoms with Crippen LogP contribution in [0.1, 0.15) is 13.3 Å².